The van der Waals surface area contributed by atoms with Crippen LogP contribution < -0.4 is 4.90 Å². The van der Waals surface area contributed by atoms with Crippen molar-refractivity contribution in [1.82, 2.24) is 0 Å². The minimum Gasteiger partial charge on any atom is -0.508 e. The summed E-state index contributed by atoms with van der Waals surface area (Å²) in [6.45, 7) is 3.94. The van der Waals surface area contributed by atoms with E-state index in [1.807, 2.05) is 62.4 Å². The fourth-order valence-corrected chi connectivity index (χ4v) is 4.04. The molecule has 1 heterocycles. The number of amides is 1. The SMILES string of the molecule is Cc1ccc(N2C(=O)C(O)=C(C(=O)CCc3ccccc3)C2c2ccc(O)cc2)cc1C. The van der Waals surface area contributed by atoms with E-state index in [0.717, 1.165) is 16.7 Å². The van der Waals surface area contributed by atoms with Crippen LogP contribution in [0.25, 0.3) is 0 Å². The van der Waals surface area contributed by atoms with Gasteiger partial charge in [0.05, 0.1) is 11.6 Å². The minimum atomic E-state index is -0.770. The number of phenolic OH excluding ortho intramolecular Hbond substituents is 1. The van der Waals surface area contributed by atoms with Crippen molar-refractivity contribution >= 4 is 17.4 Å². The Morgan fingerprint density at radius 3 is 2.25 bits per heavy atom. The highest BCUT2D eigenvalue weighted by molar-refractivity contribution is 6.16. The Labute approximate surface area is 187 Å². The van der Waals surface area contributed by atoms with Crippen molar-refractivity contribution in [2.45, 2.75) is 32.7 Å². The molecule has 0 radical (unpaired) electrons. The quantitative estimate of drug-likeness (QED) is 0.573. The normalized spacial score (nSPS) is 16.0. The van der Waals surface area contributed by atoms with E-state index >= 15 is 0 Å². The van der Waals surface area contributed by atoms with E-state index in [2.05, 4.69) is 0 Å². The van der Waals surface area contributed by atoms with Gasteiger partial charge < -0.3 is 10.2 Å². The van der Waals surface area contributed by atoms with Gasteiger partial charge in [-0.1, -0.05) is 48.5 Å². The Bertz CT molecular complexity index is 1200. The third-order valence-electron chi connectivity index (χ3n) is 5.97. The van der Waals surface area contributed by atoms with Crippen molar-refractivity contribution in [3.05, 3.63) is 106 Å². The van der Waals surface area contributed by atoms with Gasteiger partial charge in [-0.3, -0.25) is 14.5 Å². The van der Waals surface area contributed by atoms with E-state index in [-0.39, 0.29) is 23.5 Å². The maximum atomic E-state index is 13.3. The topological polar surface area (TPSA) is 77.8 Å². The Morgan fingerprint density at radius 2 is 1.59 bits per heavy atom. The van der Waals surface area contributed by atoms with Gasteiger partial charge >= 0.3 is 0 Å². The first-order valence-electron chi connectivity index (χ1n) is 10.6. The van der Waals surface area contributed by atoms with Crippen molar-refractivity contribution in [3.8, 4) is 5.75 Å². The number of aliphatic hydroxyl groups is 1. The Kier molecular flexibility index (Phi) is 5.82. The van der Waals surface area contributed by atoms with Gasteiger partial charge in [-0.2, -0.15) is 0 Å². The minimum absolute atomic E-state index is 0.0842. The molecule has 0 aromatic heterocycles. The lowest BCUT2D eigenvalue weighted by Crippen LogP contribution is -2.31. The molecule has 1 aliphatic rings. The van der Waals surface area contributed by atoms with Gasteiger partial charge in [0, 0.05) is 12.1 Å². The third-order valence-corrected chi connectivity index (χ3v) is 5.97. The van der Waals surface area contributed by atoms with Crippen LogP contribution in [0.15, 0.2) is 84.1 Å². The predicted molar refractivity (Wildman–Crippen MR) is 124 cm³/mol. The molecule has 0 aliphatic carbocycles. The first-order chi connectivity index (χ1) is 15.4. The van der Waals surface area contributed by atoms with Crippen LogP contribution in [-0.2, 0) is 16.0 Å². The van der Waals surface area contributed by atoms with Crippen LogP contribution in [0.5, 0.6) is 5.75 Å². The van der Waals surface area contributed by atoms with E-state index in [9.17, 15) is 19.8 Å². The maximum absolute atomic E-state index is 13.3. The molecule has 3 aromatic carbocycles. The molecule has 5 heteroatoms. The number of benzene rings is 3. The lowest BCUT2D eigenvalue weighted by atomic mass is 9.93. The van der Waals surface area contributed by atoms with E-state index in [0.29, 0.717) is 17.7 Å². The number of rotatable bonds is 6. The van der Waals surface area contributed by atoms with Gasteiger partial charge in [-0.15, -0.1) is 0 Å². The number of carbonyl (C=O) groups is 2. The average Bonchev–Trinajstić information content (AvgIpc) is 3.06. The summed E-state index contributed by atoms with van der Waals surface area (Å²) in [5.41, 5.74) is 4.43. The first kappa shape index (κ1) is 21.4. The molecular weight excluding hydrogens is 402 g/mol. The van der Waals surface area contributed by atoms with Crippen LogP contribution >= 0.6 is 0 Å². The number of hydrogen-bond acceptors (Lipinski definition) is 4. The lowest BCUT2D eigenvalue weighted by Gasteiger charge is -2.27. The van der Waals surface area contributed by atoms with Gasteiger partial charge in [0.1, 0.15) is 5.75 Å². The Hall–Kier alpha value is -3.86. The lowest BCUT2D eigenvalue weighted by molar-refractivity contribution is -0.118. The number of aliphatic hydroxyl groups excluding tert-OH is 1. The van der Waals surface area contributed by atoms with Crippen LogP contribution in [0.1, 0.15) is 34.7 Å². The fraction of sp³-hybridized carbons (Fsp3) is 0.185. The molecule has 2 N–H and O–H groups in total. The summed E-state index contributed by atoms with van der Waals surface area (Å²) in [5, 5.41) is 20.5. The van der Waals surface area contributed by atoms with Gasteiger partial charge in [0.25, 0.3) is 5.91 Å². The van der Waals surface area contributed by atoms with Crippen LogP contribution in [0.4, 0.5) is 5.69 Å². The molecule has 32 heavy (non-hydrogen) atoms. The summed E-state index contributed by atoms with van der Waals surface area (Å²) in [7, 11) is 0. The van der Waals surface area contributed by atoms with Crippen molar-refractivity contribution in [1.29, 1.82) is 0 Å². The molecule has 0 saturated heterocycles. The zero-order chi connectivity index (χ0) is 22.8. The van der Waals surface area contributed by atoms with Crippen LogP contribution in [0, 0.1) is 13.8 Å². The highest BCUT2D eigenvalue weighted by Crippen LogP contribution is 2.42. The van der Waals surface area contributed by atoms with Crippen LogP contribution in [0.3, 0.4) is 0 Å². The molecule has 1 aliphatic heterocycles. The zero-order valence-electron chi connectivity index (χ0n) is 18.1. The monoisotopic (exact) mass is 427 g/mol. The molecule has 0 saturated carbocycles. The van der Waals surface area contributed by atoms with E-state index in [4.69, 9.17) is 0 Å². The van der Waals surface area contributed by atoms with Crippen LogP contribution in [-0.4, -0.2) is 21.9 Å². The second kappa shape index (κ2) is 8.71. The maximum Gasteiger partial charge on any atom is 0.294 e. The molecule has 3 aromatic rings. The van der Waals surface area contributed by atoms with E-state index in [1.54, 1.807) is 12.1 Å². The highest BCUT2D eigenvalue weighted by atomic mass is 16.3. The zero-order valence-corrected chi connectivity index (χ0v) is 18.1. The number of aromatic hydroxyl groups is 1. The molecule has 1 atom stereocenters. The molecule has 162 valence electrons. The van der Waals surface area contributed by atoms with Crippen molar-refractivity contribution in [2.75, 3.05) is 4.90 Å². The number of phenols is 1. The molecule has 1 unspecified atom stereocenters. The largest absolute Gasteiger partial charge is 0.508 e. The summed E-state index contributed by atoms with van der Waals surface area (Å²) < 4.78 is 0. The van der Waals surface area contributed by atoms with Crippen molar-refractivity contribution in [2.24, 2.45) is 0 Å². The second-order valence-corrected chi connectivity index (χ2v) is 8.11. The third kappa shape index (κ3) is 4.02. The molecule has 0 bridgehead atoms. The number of aryl methyl sites for hydroxylation is 3. The molecule has 5 nitrogen and oxygen atoms in total. The number of hydrogen-bond donors (Lipinski definition) is 2. The Morgan fingerprint density at radius 1 is 0.906 bits per heavy atom. The predicted octanol–water partition coefficient (Wildman–Crippen LogP) is 5.11. The van der Waals surface area contributed by atoms with Crippen molar-refractivity contribution < 1.29 is 19.8 Å². The fourth-order valence-electron chi connectivity index (χ4n) is 4.04. The molecule has 4 rings (SSSR count). The number of carbonyl (C=O) groups excluding carboxylic acids is 2. The van der Waals surface area contributed by atoms with E-state index < -0.39 is 17.7 Å². The average molecular weight is 428 g/mol. The highest BCUT2D eigenvalue weighted by Gasteiger charge is 2.44. The Balaban J connectivity index is 1.74. The molecule has 1 amide bonds. The smallest absolute Gasteiger partial charge is 0.294 e. The standard InChI is InChI=1S/C27H25NO4/c1-17-8-12-21(16-18(17)2)28-25(20-10-13-22(29)14-11-20)24(26(31)27(28)32)23(30)15-9-19-6-4-3-5-7-19/h3-8,10-14,16,25,29,31H,9,15H2,1-2H3. The molecule has 0 fully saturated rings. The van der Waals surface area contributed by atoms with Gasteiger partial charge in [-0.05, 0) is 66.8 Å². The van der Waals surface area contributed by atoms with Gasteiger partial charge in [0.15, 0.2) is 11.5 Å². The number of Topliss-reactive ketones (excluding diaryl/α,β-unsaturated/α-hetero) is 1. The summed E-state index contributed by atoms with van der Waals surface area (Å²) in [5.74, 6) is -1.31. The first-order valence-corrected chi connectivity index (χ1v) is 10.6. The summed E-state index contributed by atoms with van der Waals surface area (Å²) in [4.78, 5) is 27.9. The van der Waals surface area contributed by atoms with E-state index in [1.165, 1.54) is 17.0 Å². The summed E-state index contributed by atoms with van der Waals surface area (Å²) in [6, 6.07) is 20.8. The van der Waals surface area contributed by atoms with Gasteiger partial charge in [-0.25, -0.2) is 0 Å². The van der Waals surface area contributed by atoms with Crippen LogP contribution in [0.2, 0.25) is 0 Å². The second-order valence-electron chi connectivity index (χ2n) is 8.11. The summed E-state index contributed by atoms with van der Waals surface area (Å²) >= 11 is 0. The molecule has 0 spiro atoms. The number of anilines is 1. The number of nitrogens with zero attached hydrogens (tertiary/aromatic N) is 1. The van der Waals surface area contributed by atoms with Gasteiger partial charge in [0.2, 0.25) is 0 Å². The summed E-state index contributed by atoms with van der Waals surface area (Å²) in [6.07, 6.45) is 0.683. The number of ketones is 1. The molecular formula is C27H25NO4. The van der Waals surface area contributed by atoms with Crippen molar-refractivity contribution in [3.63, 3.8) is 0 Å².